The van der Waals surface area contributed by atoms with E-state index in [-0.39, 0.29) is 23.9 Å². The van der Waals surface area contributed by atoms with Gasteiger partial charge in [-0.1, -0.05) is 12.5 Å². The lowest BCUT2D eigenvalue weighted by atomic mass is 10.1. The lowest BCUT2D eigenvalue weighted by Crippen LogP contribution is -2.27. The zero-order valence-corrected chi connectivity index (χ0v) is 16.9. The third-order valence-electron chi connectivity index (χ3n) is 4.34. The number of oxazole rings is 1. The van der Waals surface area contributed by atoms with E-state index in [0.29, 0.717) is 11.3 Å². The molecule has 2 rings (SSSR count). The summed E-state index contributed by atoms with van der Waals surface area (Å²) < 4.78 is 38.2. The lowest BCUT2D eigenvalue weighted by molar-refractivity contribution is 0.0934. The number of nitrogens with one attached hydrogen (secondary N) is 1. The number of aromatic nitrogens is 1. The third kappa shape index (κ3) is 5.99. The Morgan fingerprint density at radius 3 is 2.62 bits per heavy atom. The molecule has 0 aliphatic carbocycles. The summed E-state index contributed by atoms with van der Waals surface area (Å²) in [5.41, 5.74) is 6.81. The highest BCUT2D eigenvalue weighted by Crippen LogP contribution is 2.21. The Bertz CT molecular complexity index is 912. The number of rotatable bonds is 8. The van der Waals surface area contributed by atoms with E-state index in [0.717, 1.165) is 18.3 Å². The number of benzene rings is 1. The molecule has 156 valence electrons. The topological polar surface area (TPSA) is 90.4 Å². The molecule has 0 bridgehead atoms. The monoisotopic (exact) mass is 405 g/mol. The van der Waals surface area contributed by atoms with Crippen molar-refractivity contribution in [2.45, 2.75) is 40.2 Å². The smallest absolute Gasteiger partial charge is 0.399 e. The van der Waals surface area contributed by atoms with Crippen LogP contribution in [0.1, 0.15) is 54.8 Å². The van der Waals surface area contributed by atoms with Crippen molar-refractivity contribution in [2.24, 2.45) is 5.73 Å². The summed E-state index contributed by atoms with van der Waals surface area (Å²) >= 11 is 0. The van der Waals surface area contributed by atoms with Crippen molar-refractivity contribution in [1.82, 2.24) is 10.3 Å². The molecule has 1 aromatic carbocycles. The zero-order valence-electron chi connectivity index (χ0n) is 16.9. The minimum Gasteiger partial charge on any atom is -0.416 e. The van der Waals surface area contributed by atoms with Gasteiger partial charge in [-0.2, -0.15) is 4.98 Å². The summed E-state index contributed by atoms with van der Waals surface area (Å²) in [6.07, 6.45) is 5.33. The van der Waals surface area contributed by atoms with Crippen LogP contribution in [0.4, 0.5) is 8.78 Å². The number of ether oxygens (including phenoxy) is 1. The number of allylic oxidation sites excluding steroid dienone is 2. The summed E-state index contributed by atoms with van der Waals surface area (Å²) in [7, 11) is 0. The Kier molecular flexibility index (Phi) is 7.67. The predicted molar refractivity (Wildman–Crippen MR) is 105 cm³/mol. The van der Waals surface area contributed by atoms with Crippen LogP contribution in [0.2, 0.25) is 0 Å². The van der Waals surface area contributed by atoms with Gasteiger partial charge in [0.2, 0.25) is 0 Å². The minimum absolute atomic E-state index is 0.0248. The maximum absolute atomic E-state index is 13.7. The van der Waals surface area contributed by atoms with Gasteiger partial charge in [0.05, 0.1) is 6.04 Å². The number of nitrogens with two attached hydrogens (primary N) is 1. The Hall–Kier alpha value is -3.00. The number of nitrogens with zero attached hydrogens (tertiary/aromatic N) is 1. The number of carbonyl (C=O) groups excluding carboxylic acids is 1. The standard InChI is InChI=1S/C21H25F2N3O3/c1-5-12(2)8-16(6-7-24)29-21-26-19(11-28-21)20(27)25-14(4)15-9-17(22)13(3)18(23)10-15/h6,8-11,14H,5,7,24H2,1-4H3,(H,25,27). The van der Waals surface area contributed by atoms with Crippen molar-refractivity contribution in [3.05, 3.63) is 70.3 Å². The van der Waals surface area contributed by atoms with E-state index in [9.17, 15) is 13.6 Å². The van der Waals surface area contributed by atoms with Gasteiger partial charge in [0.25, 0.3) is 5.91 Å². The molecule has 0 aliphatic heterocycles. The quantitative estimate of drug-likeness (QED) is 0.504. The summed E-state index contributed by atoms with van der Waals surface area (Å²) in [6.45, 7) is 7.17. The predicted octanol–water partition coefficient (Wildman–Crippen LogP) is 4.33. The third-order valence-corrected chi connectivity index (χ3v) is 4.34. The molecular weight excluding hydrogens is 380 g/mol. The molecule has 0 fully saturated rings. The lowest BCUT2D eigenvalue weighted by Gasteiger charge is -2.14. The van der Waals surface area contributed by atoms with Crippen LogP contribution in [-0.4, -0.2) is 17.4 Å². The van der Waals surface area contributed by atoms with Gasteiger partial charge in [0, 0.05) is 12.1 Å². The van der Waals surface area contributed by atoms with Crippen molar-refractivity contribution in [2.75, 3.05) is 6.54 Å². The average molecular weight is 405 g/mol. The summed E-state index contributed by atoms with van der Waals surface area (Å²) in [4.78, 5) is 16.4. The fourth-order valence-corrected chi connectivity index (χ4v) is 2.37. The van der Waals surface area contributed by atoms with Crippen LogP contribution in [0.15, 0.2) is 46.3 Å². The van der Waals surface area contributed by atoms with Gasteiger partial charge in [0.1, 0.15) is 23.7 Å². The molecule has 1 atom stereocenters. The molecule has 0 spiro atoms. The Morgan fingerprint density at radius 2 is 2.03 bits per heavy atom. The number of hydrogen-bond acceptors (Lipinski definition) is 5. The first-order valence-electron chi connectivity index (χ1n) is 9.22. The van der Waals surface area contributed by atoms with Crippen molar-refractivity contribution in [1.29, 1.82) is 0 Å². The maximum Gasteiger partial charge on any atom is 0.399 e. The highest BCUT2D eigenvalue weighted by Gasteiger charge is 2.18. The fourth-order valence-electron chi connectivity index (χ4n) is 2.37. The molecule has 2 aromatic rings. The first-order chi connectivity index (χ1) is 13.7. The first kappa shape index (κ1) is 22.3. The molecule has 29 heavy (non-hydrogen) atoms. The van der Waals surface area contributed by atoms with Gasteiger partial charge in [-0.25, -0.2) is 8.78 Å². The molecule has 1 aromatic heterocycles. The van der Waals surface area contributed by atoms with Crippen molar-refractivity contribution < 1.29 is 22.7 Å². The Labute approximate surface area is 168 Å². The molecule has 1 unspecified atom stereocenters. The SMILES string of the molecule is CCC(C)=CC(=CCN)Oc1nc(C(=O)NC(C)c2cc(F)c(C)c(F)c2)co1. The van der Waals surface area contributed by atoms with Crippen LogP contribution < -0.4 is 15.8 Å². The fraction of sp³-hybridized carbons (Fsp3) is 0.333. The Morgan fingerprint density at radius 1 is 1.38 bits per heavy atom. The van der Waals surface area contributed by atoms with Gasteiger partial charge < -0.3 is 20.2 Å². The van der Waals surface area contributed by atoms with E-state index in [4.69, 9.17) is 14.9 Å². The van der Waals surface area contributed by atoms with Crippen LogP contribution in [0.25, 0.3) is 0 Å². The molecule has 6 nitrogen and oxygen atoms in total. The van der Waals surface area contributed by atoms with Crippen molar-refractivity contribution in [3.8, 4) is 6.08 Å². The summed E-state index contributed by atoms with van der Waals surface area (Å²) in [5.74, 6) is -1.46. The van der Waals surface area contributed by atoms with Crippen LogP contribution in [0.5, 0.6) is 6.08 Å². The number of amides is 1. The molecule has 1 heterocycles. The largest absolute Gasteiger partial charge is 0.416 e. The van der Waals surface area contributed by atoms with Gasteiger partial charge in [-0.15, -0.1) is 0 Å². The normalized spacial score (nSPS) is 13.3. The van der Waals surface area contributed by atoms with Crippen molar-refractivity contribution in [3.63, 3.8) is 0 Å². The van der Waals surface area contributed by atoms with Gasteiger partial charge >= 0.3 is 6.08 Å². The van der Waals surface area contributed by atoms with E-state index >= 15 is 0 Å². The van der Waals surface area contributed by atoms with Crippen LogP contribution in [0.3, 0.4) is 0 Å². The van der Waals surface area contributed by atoms with E-state index in [1.54, 1.807) is 19.1 Å². The molecule has 3 N–H and O–H groups in total. The van der Waals surface area contributed by atoms with Crippen LogP contribution >= 0.6 is 0 Å². The molecule has 0 radical (unpaired) electrons. The number of hydrogen-bond donors (Lipinski definition) is 2. The molecule has 0 saturated heterocycles. The van der Waals surface area contributed by atoms with E-state index < -0.39 is 23.6 Å². The van der Waals surface area contributed by atoms with Crippen LogP contribution in [0, 0.1) is 18.6 Å². The molecule has 8 heteroatoms. The second kappa shape index (κ2) is 9.97. The highest BCUT2D eigenvalue weighted by atomic mass is 19.1. The number of carbonyl (C=O) groups is 1. The first-order valence-corrected chi connectivity index (χ1v) is 9.22. The summed E-state index contributed by atoms with van der Waals surface area (Å²) in [5, 5.41) is 2.62. The minimum atomic E-state index is -0.673. The second-order valence-electron chi connectivity index (χ2n) is 6.59. The van der Waals surface area contributed by atoms with Gasteiger partial charge in [-0.3, -0.25) is 4.79 Å². The van der Waals surface area contributed by atoms with E-state index in [1.807, 2.05) is 13.8 Å². The van der Waals surface area contributed by atoms with E-state index in [1.165, 1.54) is 19.1 Å². The van der Waals surface area contributed by atoms with Gasteiger partial charge in [-0.05, 0) is 57.0 Å². The van der Waals surface area contributed by atoms with E-state index in [2.05, 4.69) is 10.3 Å². The van der Waals surface area contributed by atoms with Crippen molar-refractivity contribution >= 4 is 5.91 Å². The maximum atomic E-state index is 13.7. The number of halogens is 2. The highest BCUT2D eigenvalue weighted by molar-refractivity contribution is 5.92. The molecular formula is C21H25F2N3O3. The van der Waals surface area contributed by atoms with Gasteiger partial charge in [0.15, 0.2) is 5.69 Å². The second-order valence-corrected chi connectivity index (χ2v) is 6.59. The van der Waals surface area contributed by atoms with Crippen LogP contribution in [-0.2, 0) is 0 Å². The zero-order chi connectivity index (χ0) is 21.6. The molecule has 0 saturated carbocycles. The molecule has 0 aliphatic rings. The average Bonchev–Trinajstić information content (AvgIpc) is 3.14. The summed E-state index contributed by atoms with van der Waals surface area (Å²) in [6, 6.07) is 1.73. The Balaban J connectivity index is 2.09. The molecule has 1 amide bonds.